The fraction of sp³-hybridized carbons (Fsp3) is 0.333. The zero-order valence-electron chi connectivity index (χ0n) is 11.9. The Balaban J connectivity index is 1.67. The zero-order valence-corrected chi connectivity index (χ0v) is 11.9. The van der Waals surface area contributed by atoms with Crippen LogP contribution in [0.2, 0.25) is 0 Å². The Morgan fingerprint density at radius 1 is 0.952 bits per heavy atom. The molecule has 2 aromatic rings. The summed E-state index contributed by atoms with van der Waals surface area (Å²) in [5.74, 6) is 0.825. The predicted molar refractivity (Wildman–Crippen MR) is 80.9 cm³/mol. The van der Waals surface area contributed by atoms with Gasteiger partial charge in [0.25, 0.3) is 0 Å². The van der Waals surface area contributed by atoms with Gasteiger partial charge in [0, 0.05) is 6.42 Å². The molecule has 0 spiro atoms. The van der Waals surface area contributed by atoms with Gasteiger partial charge in [-0.3, -0.25) is 0 Å². The SMILES string of the molecule is FCc1ccc(-c2ccc(OC3CCCCO3)cc2)cc1. The number of ether oxygens (including phenoxy) is 2. The Hall–Kier alpha value is -1.87. The Bertz CT molecular complexity index is 557. The van der Waals surface area contributed by atoms with Crippen molar-refractivity contribution in [3.63, 3.8) is 0 Å². The van der Waals surface area contributed by atoms with Gasteiger partial charge in [-0.25, -0.2) is 4.39 Å². The highest BCUT2D eigenvalue weighted by Crippen LogP contribution is 2.25. The highest BCUT2D eigenvalue weighted by atomic mass is 19.1. The normalized spacial score (nSPS) is 18.4. The van der Waals surface area contributed by atoms with Crippen molar-refractivity contribution in [3.8, 4) is 16.9 Å². The fourth-order valence-electron chi connectivity index (χ4n) is 2.47. The maximum Gasteiger partial charge on any atom is 0.199 e. The molecule has 3 heteroatoms. The van der Waals surface area contributed by atoms with E-state index in [0.717, 1.165) is 42.7 Å². The van der Waals surface area contributed by atoms with E-state index in [0.29, 0.717) is 5.56 Å². The van der Waals surface area contributed by atoms with E-state index in [1.54, 1.807) is 0 Å². The van der Waals surface area contributed by atoms with E-state index in [1.807, 2.05) is 48.5 Å². The molecule has 0 bridgehead atoms. The minimum Gasteiger partial charge on any atom is -0.465 e. The van der Waals surface area contributed by atoms with E-state index < -0.39 is 6.67 Å². The molecule has 0 amide bonds. The molecule has 21 heavy (non-hydrogen) atoms. The largest absolute Gasteiger partial charge is 0.465 e. The van der Waals surface area contributed by atoms with Gasteiger partial charge in [-0.05, 0) is 41.7 Å². The van der Waals surface area contributed by atoms with Crippen LogP contribution in [0.15, 0.2) is 48.5 Å². The molecule has 0 saturated carbocycles. The summed E-state index contributed by atoms with van der Waals surface area (Å²) in [5.41, 5.74) is 2.87. The summed E-state index contributed by atoms with van der Waals surface area (Å²) in [5, 5.41) is 0. The molecular formula is C18H19FO2. The molecule has 0 aromatic heterocycles. The molecule has 110 valence electrons. The van der Waals surface area contributed by atoms with Crippen molar-refractivity contribution >= 4 is 0 Å². The van der Waals surface area contributed by atoms with Gasteiger partial charge in [0.15, 0.2) is 6.29 Å². The van der Waals surface area contributed by atoms with Gasteiger partial charge >= 0.3 is 0 Å². The van der Waals surface area contributed by atoms with Crippen LogP contribution < -0.4 is 4.74 Å². The standard InChI is InChI=1S/C18H19FO2/c19-13-14-4-6-15(7-5-14)16-8-10-17(11-9-16)21-18-3-1-2-12-20-18/h4-11,18H,1-3,12-13H2. The molecule has 0 aliphatic carbocycles. The second-order valence-corrected chi connectivity index (χ2v) is 5.27. The van der Waals surface area contributed by atoms with E-state index in [9.17, 15) is 4.39 Å². The van der Waals surface area contributed by atoms with Gasteiger partial charge in [0.1, 0.15) is 12.4 Å². The van der Waals surface area contributed by atoms with Gasteiger partial charge in [-0.2, -0.15) is 0 Å². The lowest BCUT2D eigenvalue weighted by Crippen LogP contribution is -2.24. The van der Waals surface area contributed by atoms with Crippen LogP contribution in [0.4, 0.5) is 4.39 Å². The number of rotatable bonds is 4. The summed E-state index contributed by atoms with van der Waals surface area (Å²) in [4.78, 5) is 0. The van der Waals surface area contributed by atoms with Gasteiger partial charge in [-0.15, -0.1) is 0 Å². The van der Waals surface area contributed by atoms with Gasteiger partial charge in [0.2, 0.25) is 0 Å². The van der Waals surface area contributed by atoms with Crippen LogP contribution in [-0.2, 0) is 11.4 Å². The molecule has 0 N–H and O–H groups in total. The predicted octanol–water partition coefficient (Wildman–Crippen LogP) is 4.73. The molecule has 1 unspecified atom stereocenters. The minimum atomic E-state index is -0.422. The summed E-state index contributed by atoms with van der Waals surface area (Å²) < 4.78 is 23.9. The second kappa shape index (κ2) is 6.72. The molecule has 3 rings (SSSR count). The molecule has 0 radical (unpaired) electrons. The molecule has 1 fully saturated rings. The molecule has 1 saturated heterocycles. The van der Waals surface area contributed by atoms with Crippen molar-refractivity contribution in [1.82, 2.24) is 0 Å². The van der Waals surface area contributed by atoms with Gasteiger partial charge < -0.3 is 9.47 Å². The molecule has 1 heterocycles. The second-order valence-electron chi connectivity index (χ2n) is 5.27. The van der Waals surface area contributed by atoms with E-state index in [4.69, 9.17) is 9.47 Å². The average Bonchev–Trinajstić information content (AvgIpc) is 2.57. The molecule has 2 nitrogen and oxygen atoms in total. The lowest BCUT2D eigenvalue weighted by molar-refractivity contribution is -0.105. The molecule has 1 aliphatic rings. The number of benzene rings is 2. The Morgan fingerprint density at radius 3 is 2.19 bits per heavy atom. The van der Waals surface area contributed by atoms with Gasteiger partial charge in [-0.1, -0.05) is 36.4 Å². The third kappa shape index (κ3) is 3.61. The first-order chi connectivity index (χ1) is 10.3. The van der Waals surface area contributed by atoms with Crippen LogP contribution in [-0.4, -0.2) is 12.9 Å². The van der Waals surface area contributed by atoms with Crippen molar-refractivity contribution in [3.05, 3.63) is 54.1 Å². The molecule has 1 aliphatic heterocycles. The van der Waals surface area contributed by atoms with E-state index in [1.165, 1.54) is 0 Å². The lowest BCUT2D eigenvalue weighted by atomic mass is 10.0. The fourth-order valence-corrected chi connectivity index (χ4v) is 2.47. The van der Waals surface area contributed by atoms with Crippen molar-refractivity contribution in [1.29, 1.82) is 0 Å². The lowest BCUT2D eigenvalue weighted by Gasteiger charge is -2.23. The van der Waals surface area contributed by atoms with E-state index in [2.05, 4.69) is 0 Å². The highest BCUT2D eigenvalue weighted by molar-refractivity contribution is 5.64. The Labute approximate surface area is 124 Å². The third-order valence-corrected chi connectivity index (χ3v) is 3.70. The number of hydrogen-bond acceptors (Lipinski definition) is 2. The zero-order chi connectivity index (χ0) is 14.5. The quantitative estimate of drug-likeness (QED) is 0.809. The first-order valence-electron chi connectivity index (χ1n) is 7.39. The summed E-state index contributed by atoms with van der Waals surface area (Å²) in [6.07, 6.45) is 3.11. The summed E-state index contributed by atoms with van der Waals surface area (Å²) in [7, 11) is 0. The van der Waals surface area contributed by atoms with Crippen molar-refractivity contribution in [2.75, 3.05) is 6.61 Å². The van der Waals surface area contributed by atoms with Crippen LogP contribution in [0.5, 0.6) is 5.75 Å². The van der Waals surface area contributed by atoms with Crippen LogP contribution >= 0.6 is 0 Å². The first kappa shape index (κ1) is 14.1. The molecule has 2 aromatic carbocycles. The molecular weight excluding hydrogens is 267 g/mol. The minimum absolute atomic E-state index is 0.117. The highest BCUT2D eigenvalue weighted by Gasteiger charge is 2.14. The van der Waals surface area contributed by atoms with E-state index >= 15 is 0 Å². The maximum atomic E-state index is 12.5. The Kier molecular flexibility index (Phi) is 4.51. The first-order valence-corrected chi connectivity index (χ1v) is 7.39. The summed E-state index contributed by atoms with van der Waals surface area (Å²) in [6, 6.07) is 15.5. The van der Waals surface area contributed by atoms with Crippen molar-refractivity contribution in [2.24, 2.45) is 0 Å². The number of hydrogen-bond donors (Lipinski definition) is 0. The smallest absolute Gasteiger partial charge is 0.199 e. The third-order valence-electron chi connectivity index (χ3n) is 3.70. The maximum absolute atomic E-state index is 12.5. The van der Waals surface area contributed by atoms with Crippen LogP contribution in [0.3, 0.4) is 0 Å². The van der Waals surface area contributed by atoms with E-state index in [-0.39, 0.29) is 6.29 Å². The molecule has 1 atom stereocenters. The summed E-state index contributed by atoms with van der Waals surface area (Å²) in [6.45, 7) is 0.359. The van der Waals surface area contributed by atoms with Crippen LogP contribution in [0, 0.1) is 0 Å². The van der Waals surface area contributed by atoms with Crippen LogP contribution in [0.25, 0.3) is 11.1 Å². The van der Waals surface area contributed by atoms with Crippen LogP contribution in [0.1, 0.15) is 24.8 Å². The average molecular weight is 286 g/mol. The summed E-state index contributed by atoms with van der Waals surface area (Å²) >= 11 is 0. The Morgan fingerprint density at radius 2 is 1.62 bits per heavy atom. The topological polar surface area (TPSA) is 18.5 Å². The monoisotopic (exact) mass is 286 g/mol. The number of halogens is 1. The van der Waals surface area contributed by atoms with Gasteiger partial charge in [0.05, 0.1) is 6.61 Å². The van der Waals surface area contributed by atoms with Crippen molar-refractivity contribution in [2.45, 2.75) is 32.2 Å². The van der Waals surface area contributed by atoms with Crippen molar-refractivity contribution < 1.29 is 13.9 Å². The number of alkyl halides is 1.